The van der Waals surface area contributed by atoms with E-state index in [1.54, 1.807) is 17.0 Å². The topological polar surface area (TPSA) is 32.3 Å². The van der Waals surface area contributed by atoms with Crippen LogP contribution in [0.15, 0.2) is 24.3 Å². The van der Waals surface area contributed by atoms with E-state index >= 15 is 0 Å². The molecule has 1 fully saturated rings. The molecule has 1 N–H and O–H groups in total. The van der Waals surface area contributed by atoms with Crippen molar-refractivity contribution in [2.45, 2.75) is 25.8 Å². The monoisotopic (exact) mass is 264 g/mol. The molecular weight excluding hydrogens is 243 g/mol. The van der Waals surface area contributed by atoms with Crippen LogP contribution in [0.3, 0.4) is 0 Å². The highest BCUT2D eigenvalue weighted by Gasteiger charge is 2.23. The van der Waals surface area contributed by atoms with E-state index in [0.29, 0.717) is 12.3 Å². The van der Waals surface area contributed by atoms with Crippen molar-refractivity contribution in [3.63, 3.8) is 0 Å². The Balaban J connectivity index is 1.95. The lowest BCUT2D eigenvalue weighted by Gasteiger charge is -2.26. The lowest BCUT2D eigenvalue weighted by atomic mass is 10.0. The molecule has 2 unspecified atom stereocenters. The molecule has 0 saturated carbocycles. The third kappa shape index (κ3) is 3.53. The van der Waals surface area contributed by atoms with Gasteiger partial charge in [0.1, 0.15) is 5.82 Å². The van der Waals surface area contributed by atoms with Crippen molar-refractivity contribution in [1.29, 1.82) is 0 Å². The summed E-state index contributed by atoms with van der Waals surface area (Å²) in [6.07, 6.45) is 1.67. The fourth-order valence-electron chi connectivity index (χ4n) is 2.46. The van der Waals surface area contributed by atoms with Gasteiger partial charge in [-0.2, -0.15) is 0 Å². The van der Waals surface area contributed by atoms with E-state index in [0.717, 1.165) is 25.1 Å². The smallest absolute Gasteiger partial charge is 0.223 e. The highest BCUT2D eigenvalue weighted by molar-refractivity contribution is 5.76. The number of carbonyl (C=O) groups excluding carboxylic acids is 1. The summed E-state index contributed by atoms with van der Waals surface area (Å²) in [4.78, 5) is 14.0. The van der Waals surface area contributed by atoms with Crippen LogP contribution >= 0.6 is 0 Å². The highest BCUT2D eigenvalue weighted by Crippen LogP contribution is 2.22. The molecule has 0 spiro atoms. The van der Waals surface area contributed by atoms with Gasteiger partial charge in [0.2, 0.25) is 5.91 Å². The number of hydrogen-bond donors (Lipinski definition) is 1. The predicted molar refractivity (Wildman–Crippen MR) is 73.2 cm³/mol. The molecule has 1 saturated heterocycles. The molecule has 3 nitrogen and oxygen atoms in total. The minimum atomic E-state index is -0.248. The first-order chi connectivity index (χ1) is 9.08. The van der Waals surface area contributed by atoms with Gasteiger partial charge >= 0.3 is 0 Å². The number of nitrogens with one attached hydrogen (secondary N) is 1. The van der Waals surface area contributed by atoms with Crippen LogP contribution in [0.5, 0.6) is 0 Å². The number of carbonyl (C=O) groups is 1. The summed E-state index contributed by atoms with van der Waals surface area (Å²) < 4.78 is 12.9. The van der Waals surface area contributed by atoms with Crippen molar-refractivity contribution >= 4 is 5.91 Å². The number of rotatable bonds is 4. The van der Waals surface area contributed by atoms with Crippen molar-refractivity contribution in [3.05, 3.63) is 35.6 Å². The molecule has 1 aliphatic rings. The molecule has 4 heteroatoms. The summed E-state index contributed by atoms with van der Waals surface area (Å²) in [6.45, 7) is 3.91. The molecule has 1 heterocycles. The van der Waals surface area contributed by atoms with Crippen molar-refractivity contribution in [2.75, 3.05) is 20.1 Å². The quantitative estimate of drug-likeness (QED) is 0.905. The fourth-order valence-corrected chi connectivity index (χ4v) is 2.46. The van der Waals surface area contributed by atoms with Gasteiger partial charge in [-0.3, -0.25) is 4.79 Å². The molecule has 1 aromatic rings. The second kappa shape index (κ2) is 6.15. The molecule has 1 aromatic carbocycles. The summed E-state index contributed by atoms with van der Waals surface area (Å²) >= 11 is 0. The normalized spacial score (nSPS) is 20.3. The number of benzene rings is 1. The molecule has 0 bridgehead atoms. The average Bonchev–Trinajstić information content (AvgIpc) is 2.90. The molecule has 0 radical (unpaired) electrons. The first kappa shape index (κ1) is 14.0. The number of hydrogen-bond acceptors (Lipinski definition) is 2. The third-order valence-corrected chi connectivity index (χ3v) is 3.95. The highest BCUT2D eigenvalue weighted by atomic mass is 19.1. The van der Waals surface area contributed by atoms with E-state index in [-0.39, 0.29) is 17.8 Å². The SMILES string of the molecule is CC(c1ccc(F)cc1)N(C)C(=O)CC1CCNC1. The van der Waals surface area contributed by atoms with Crippen molar-refractivity contribution < 1.29 is 9.18 Å². The minimum absolute atomic E-state index is 0.0255. The van der Waals surface area contributed by atoms with Crippen LogP contribution < -0.4 is 5.32 Å². The molecule has 0 aliphatic carbocycles. The van der Waals surface area contributed by atoms with Crippen LogP contribution in [0.2, 0.25) is 0 Å². The summed E-state index contributed by atoms with van der Waals surface area (Å²) in [5.41, 5.74) is 0.960. The Bertz CT molecular complexity index is 426. The van der Waals surface area contributed by atoms with Gasteiger partial charge in [0.25, 0.3) is 0 Å². The van der Waals surface area contributed by atoms with E-state index < -0.39 is 0 Å². The molecule has 104 valence electrons. The Morgan fingerprint density at radius 1 is 1.47 bits per heavy atom. The van der Waals surface area contributed by atoms with Crippen LogP contribution in [-0.2, 0) is 4.79 Å². The molecule has 1 aliphatic heterocycles. The number of nitrogens with zero attached hydrogens (tertiary/aromatic N) is 1. The van der Waals surface area contributed by atoms with Gasteiger partial charge in [0.15, 0.2) is 0 Å². The molecular formula is C15H21FN2O. The van der Waals surface area contributed by atoms with Gasteiger partial charge in [-0.1, -0.05) is 12.1 Å². The second-order valence-electron chi connectivity index (χ2n) is 5.30. The Morgan fingerprint density at radius 2 is 2.16 bits per heavy atom. The van der Waals surface area contributed by atoms with Gasteiger partial charge in [0.05, 0.1) is 6.04 Å². The van der Waals surface area contributed by atoms with Crippen LogP contribution in [0.4, 0.5) is 4.39 Å². The van der Waals surface area contributed by atoms with Crippen LogP contribution in [0.1, 0.15) is 31.4 Å². The van der Waals surface area contributed by atoms with Crippen LogP contribution in [-0.4, -0.2) is 30.9 Å². The Hall–Kier alpha value is -1.42. The first-order valence-corrected chi connectivity index (χ1v) is 6.79. The minimum Gasteiger partial charge on any atom is -0.339 e. The van der Waals surface area contributed by atoms with E-state index in [2.05, 4.69) is 5.32 Å². The number of halogens is 1. The van der Waals surface area contributed by atoms with Crippen LogP contribution in [0.25, 0.3) is 0 Å². The van der Waals surface area contributed by atoms with Gasteiger partial charge in [-0.05, 0) is 50.0 Å². The maximum Gasteiger partial charge on any atom is 0.223 e. The summed E-state index contributed by atoms with van der Waals surface area (Å²) in [6, 6.07) is 6.32. The molecule has 0 aromatic heterocycles. The Kier molecular flexibility index (Phi) is 4.53. The van der Waals surface area contributed by atoms with Crippen LogP contribution in [0, 0.1) is 11.7 Å². The average molecular weight is 264 g/mol. The largest absolute Gasteiger partial charge is 0.339 e. The van der Waals surface area contributed by atoms with E-state index in [1.807, 2.05) is 14.0 Å². The van der Waals surface area contributed by atoms with E-state index in [1.165, 1.54) is 12.1 Å². The van der Waals surface area contributed by atoms with Gasteiger partial charge in [-0.15, -0.1) is 0 Å². The Morgan fingerprint density at radius 3 is 2.74 bits per heavy atom. The molecule has 19 heavy (non-hydrogen) atoms. The summed E-state index contributed by atoms with van der Waals surface area (Å²) in [5, 5.41) is 3.27. The van der Waals surface area contributed by atoms with Crippen molar-refractivity contribution in [2.24, 2.45) is 5.92 Å². The Labute approximate surface area is 113 Å². The maximum atomic E-state index is 12.9. The van der Waals surface area contributed by atoms with Gasteiger partial charge in [0, 0.05) is 13.5 Å². The summed E-state index contributed by atoms with van der Waals surface area (Å²) in [7, 11) is 1.82. The fraction of sp³-hybridized carbons (Fsp3) is 0.533. The predicted octanol–water partition coefficient (Wildman–Crippen LogP) is 2.34. The van der Waals surface area contributed by atoms with Crippen molar-refractivity contribution in [3.8, 4) is 0 Å². The molecule has 2 atom stereocenters. The lowest BCUT2D eigenvalue weighted by Crippen LogP contribution is -2.31. The second-order valence-corrected chi connectivity index (χ2v) is 5.30. The molecule has 2 rings (SSSR count). The zero-order valence-electron chi connectivity index (χ0n) is 11.5. The van der Waals surface area contributed by atoms with Crippen molar-refractivity contribution in [1.82, 2.24) is 10.2 Å². The maximum absolute atomic E-state index is 12.9. The zero-order valence-corrected chi connectivity index (χ0v) is 11.5. The van der Waals surface area contributed by atoms with E-state index in [9.17, 15) is 9.18 Å². The van der Waals surface area contributed by atoms with Gasteiger partial charge < -0.3 is 10.2 Å². The van der Waals surface area contributed by atoms with E-state index in [4.69, 9.17) is 0 Å². The van der Waals surface area contributed by atoms with Gasteiger partial charge in [-0.25, -0.2) is 4.39 Å². The summed E-state index contributed by atoms with van der Waals surface area (Å²) in [5.74, 6) is 0.364. The molecule has 1 amide bonds. The third-order valence-electron chi connectivity index (χ3n) is 3.95. The first-order valence-electron chi connectivity index (χ1n) is 6.79. The zero-order chi connectivity index (χ0) is 13.8. The standard InChI is InChI=1S/C15H21FN2O/c1-11(13-3-5-14(16)6-4-13)18(2)15(19)9-12-7-8-17-10-12/h3-6,11-12,17H,7-10H2,1-2H3. The number of amides is 1. The lowest BCUT2D eigenvalue weighted by molar-refractivity contribution is -0.132.